The van der Waals surface area contributed by atoms with Gasteiger partial charge in [0.05, 0.1) is 5.92 Å². The van der Waals surface area contributed by atoms with E-state index in [1.165, 1.54) is 16.7 Å². The number of aryl methyl sites for hydroxylation is 2. The van der Waals surface area contributed by atoms with Crippen molar-refractivity contribution >= 4 is 0 Å². The van der Waals surface area contributed by atoms with Gasteiger partial charge in [-0.25, -0.2) is 0 Å². The zero-order valence-corrected chi connectivity index (χ0v) is 26.9. The molecule has 3 aliphatic heterocycles. The van der Waals surface area contributed by atoms with Crippen LogP contribution in [0.15, 0.2) is 164 Å². The van der Waals surface area contributed by atoms with Gasteiger partial charge in [0.15, 0.2) is 11.2 Å². The van der Waals surface area contributed by atoms with Gasteiger partial charge in [-0.3, -0.25) is 0 Å². The fourth-order valence-corrected chi connectivity index (χ4v) is 8.91. The SMILES string of the molecule is c1ccc(C2(C3Cc4ccccc4OC3(c3ccccc3)C3(c4ccccc4)CCc4ccccc4O3)CCc3ccccc3O2)cc1. The van der Waals surface area contributed by atoms with E-state index >= 15 is 0 Å². The molecule has 3 nitrogen and oxygen atoms in total. The Morgan fingerprint density at radius 3 is 1.48 bits per heavy atom. The summed E-state index contributed by atoms with van der Waals surface area (Å²) in [6, 6.07) is 58.1. The van der Waals surface area contributed by atoms with Gasteiger partial charge in [-0.05, 0) is 78.1 Å². The molecule has 0 radical (unpaired) electrons. The first-order chi connectivity index (χ1) is 23.7. The van der Waals surface area contributed by atoms with Crippen LogP contribution in [0.5, 0.6) is 17.2 Å². The summed E-state index contributed by atoms with van der Waals surface area (Å²) in [5.41, 5.74) is 4.37. The largest absolute Gasteiger partial charge is 0.482 e. The number of hydrogen-bond donors (Lipinski definition) is 0. The van der Waals surface area contributed by atoms with Crippen molar-refractivity contribution in [3.05, 3.63) is 197 Å². The van der Waals surface area contributed by atoms with Gasteiger partial charge in [0.1, 0.15) is 22.8 Å². The fourth-order valence-electron chi connectivity index (χ4n) is 8.91. The smallest absolute Gasteiger partial charge is 0.185 e. The van der Waals surface area contributed by atoms with Gasteiger partial charge in [-0.15, -0.1) is 0 Å². The minimum absolute atomic E-state index is 0.191. The van der Waals surface area contributed by atoms with E-state index in [-0.39, 0.29) is 5.92 Å². The van der Waals surface area contributed by atoms with Crippen LogP contribution in [0.1, 0.15) is 46.2 Å². The fraction of sp³-hybridized carbons (Fsp3) is 0.200. The topological polar surface area (TPSA) is 27.7 Å². The molecule has 0 amide bonds. The molecule has 48 heavy (non-hydrogen) atoms. The lowest BCUT2D eigenvalue weighted by molar-refractivity contribution is -0.222. The minimum atomic E-state index is -1.00. The molecule has 4 unspecified atom stereocenters. The highest BCUT2D eigenvalue weighted by Gasteiger charge is 2.69. The molecule has 9 rings (SSSR count). The maximum Gasteiger partial charge on any atom is 0.185 e. The lowest BCUT2D eigenvalue weighted by atomic mass is 9.55. The Labute approximate surface area is 282 Å². The van der Waals surface area contributed by atoms with E-state index in [2.05, 4.69) is 164 Å². The van der Waals surface area contributed by atoms with Gasteiger partial charge < -0.3 is 14.2 Å². The molecule has 3 heteroatoms. The number of benzene rings is 6. The molecule has 0 spiro atoms. The quantitative estimate of drug-likeness (QED) is 0.191. The summed E-state index contributed by atoms with van der Waals surface area (Å²) in [7, 11) is 0. The number of rotatable bonds is 5. The van der Waals surface area contributed by atoms with Gasteiger partial charge in [0, 0.05) is 5.56 Å². The summed E-state index contributed by atoms with van der Waals surface area (Å²) in [4.78, 5) is 0. The molecule has 3 aliphatic rings. The number of ether oxygens (including phenoxy) is 3. The van der Waals surface area contributed by atoms with Crippen LogP contribution in [-0.2, 0) is 36.1 Å². The average molecular weight is 627 g/mol. The number of hydrogen-bond acceptors (Lipinski definition) is 3. The molecule has 0 aromatic heterocycles. The van der Waals surface area contributed by atoms with Crippen LogP contribution in [0.4, 0.5) is 0 Å². The van der Waals surface area contributed by atoms with Gasteiger partial charge in [0.2, 0.25) is 0 Å². The highest BCUT2D eigenvalue weighted by Crippen LogP contribution is 2.64. The molecule has 0 saturated carbocycles. The van der Waals surface area contributed by atoms with E-state index in [0.29, 0.717) is 0 Å². The van der Waals surface area contributed by atoms with Crippen molar-refractivity contribution in [2.75, 3.05) is 0 Å². The standard InChI is InChI=1S/C45H38O3/c1-4-19-36(20-5-1)43(30-28-33-16-10-13-25-39(33)46-43)42-32-35-18-12-15-27-41(35)48-45(42,38-23-8-3-9-24-38)44(37-21-6-2-7-22-37)31-29-34-17-11-14-26-40(34)47-44/h1-27,42H,28-32H2. The number of para-hydroxylation sites is 3. The van der Waals surface area contributed by atoms with Gasteiger partial charge in [-0.2, -0.15) is 0 Å². The van der Waals surface area contributed by atoms with Gasteiger partial charge >= 0.3 is 0 Å². The van der Waals surface area contributed by atoms with Crippen LogP contribution < -0.4 is 14.2 Å². The van der Waals surface area contributed by atoms with Crippen LogP contribution in [0, 0.1) is 5.92 Å². The Hall–Kier alpha value is -5.28. The Bertz CT molecular complexity index is 2060. The normalized spacial score (nSPS) is 25.6. The summed E-state index contributed by atoms with van der Waals surface area (Å²) in [6.45, 7) is 0. The van der Waals surface area contributed by atoms with Crippen LogP contribution in [-0.4, -0.2) is 0 Å². The van der Waals surface area contributed by atoms with Crippen molar-refractivity contribution in [3.8, 4) is 17.2 Å². The molecule has 4 atom stereocenters. The van der Waals surface area contributed by atoms with Crippen molar-refractivity contribution in [1.29, 1.82) is 0 Å². The zero-order valence-electron chi connectivity index (χ0n) is 26.9. The first kappa shape index (κ1) is 28.9. The minimum Gasteiger partial charge on any atom is -0.482 e. The van der Waals surface area contributed by atoms with E-state index in [0.717, 1.165) is 66.0 Å². The number of fused-ring (bicyclic) bond motifs is 3. The van der Waals surface area contributed by atoms with Crippen molar-refractivity contribution in [2.45, 2.75) is 48.9 Å². The molecule has 0 fully saturated rings. The molecular formula is C45H38O3. The molecule has 6 aromatic rings. The maximum atomic E-state index is 7.81. The summed E-state index contributed by atoms with van der Waals surface area (Å²) in [6.07, 6.45) is 4.06. The van der Waals surface area contributed by atoms with Crippen LogP contribution in [0.25, 0.3) is 0 Å². The molecule has 0 aliphatic carbocycles. The predicted molar refractivity (Wildman–Crippen MR) is 189 cm³/mol. The second-order valence-electron chi connectivity index (χ2n) is 13.4. The second kappa shape index (κ2) is 11.5. The first-order valence-electron chi connectivity index (χ1n) is 17.2. The summed E-state index contributed by atoms with van der Waals surface area (Å²) < 4.78 is 23.0. The van der Waals surface area contributed by atoms with E-state index < -0.39 is 16.8 Å². The van der Waals surface area contributed by atoms with E-state index in [1.807, 2.05) is 0 Å². The summed E-state index contributed by atoms with van der Waals surface area (Å²) in [5.74, 6) is 2.56. The molecule has 0 N–H and O–H groups in total. The van der Waals surface area contributed by atoms with Crippen LogP contribution in [0.3, 0.4) is 0 Å². The van der Waals surface area contributed by atoms with E-state index in [4.69, 9.17) is 14.2 Å². The predicted octanol–water partition coefficient (Wildman–Crippen LogP) is 9.97. The highest BCUT2D eigenvalue weighted by atomic mass is 16.6. The maximum absolute atomic E-state index is 7.81. The monoisotopic (exact) mass is 626 g/mol. The third kappa shape index (κ3) is 4.34. The first-order valence-corrected chi connectivity index (χ1v) is 17.2. The Morgan fingerprint density at radius 1 is 0.396 bits per heavy atom. The third-order valence-electron chi connectivity index (χ3n) is 11.1. The molecular weight excluding hydrogens is 588 g/mol. The van der Waals surface area contributed by atoms with Crippen LogP contribution >= 0.6 is 0 Å². The average Bonchev–Trinajstić information content (AvgIpc) is 3.18. The van der Waals surface area contributed by atoms with Crippen molar-refractivity contribution in [3.63, 3.8) is 0 Å². The molecule has 3 heterocycles. The Kier molecular flexibility index (Phi) is 6.90. The van der Waals surface area contributed by atoms with Gasteiger partial charge in [-0.1, -0.05) is 146 Å². The lowest BCUT2D eigenvalue weighted by Gasteiger charge is -2.61. The third-order valence-corrected chi connectivity index (χ3v) is 11.1. The Balaban J connectivity index is 1.40. The van der Waals surface area contributed by atoms with E-state index in [9.17, 15) is 0 Å². The van der Waals surface area contributed by atoms with Crippen molar-refractivity contribution < 1.29 is 14.2 Å². The molecule has 0 saturated heterocycles. The zero-order chi connectivity index (χ0) is 32.0. The van der Waals surface area contributed by atoms with Gasteiger partial charge in [0.25, 0.3) is 0 Å². The van der Waals surface area contributed by atoms with E-state index in [1.54, 1.807) is 0 Å². The molecule has 6 aromatic carbocycles. The Morgan fingerprint density at radius 2 is 0.854 bits per heavy atom. The lowest BCUT2D eigenvalue weighted by Crippen LogP contribution is -2.68. The summed E-state index contributed by atoms with van der Waals surface area (Å²) in [5, 5.41) is 0. The van der Waals surface area contributed by atoms with Crippen LogP contribution in [0.2, 0.25) is 0 Å². The van der Waals surface area contributed by atoms with Crippen molar-refractivity contribution in [1.82, 2.24) is 0 Å². The van der Waals surface area contributed by atoms with Crippen molar-refractivity contribution in [2.24, 2.45) is 5.92 Å². The molecule has 0 bridgehead atoms. The molecule has 236 valence electrons. The highest BCUT2D eigenvalue weighted by molar-refractivity contribution is 5.50. The summed E-state index contributed by atoms with van der Waals surface area (Å²) >= 11 is 0. The second-order valence-corrected chi connectivity index (χ2v) is 13.4.